The van der Waals surface area contributed by atoms with Crippen LogP contribution >= 0.6 is 0 Å². The fourth-order valence-electron chi connectivity index (χ4n) is 1.45. The van der Waals surface area contributed by atoms with E-state index in [0.717, 1.165) is 17.8 Å². The third kappa shape index (κ3) is 1.68. The lowest BCUT2D eigenvalue weighted by atomic mass is 10.3. The summed E-state index contributed by atoms with van der Waals surface area (Å²) < 4.78 is 0. The smallest absolute Gasteiger partial charge is 0.263 e. The van der Waals surface area contributed by atoms with Crippen LogP contribution in [0.3, 0.4) is 0 Å². The molecule has 0 saturated heterocycles. The van der Waals surface area contributed by atoms with Crippen LogP contribution in [0.1, 0.15) is 34.8 Å². The second-order valence-corrected chi connectivity index (χ2v) is 3.28. The number of nitrogens with zero attached hydrogens (tertiary/aromatic N) is 2. The van der Waals surface area contributed by atoms with Crippen LogP contribution in [-0.2, 0) is 6.42 Å². The van der Waals surface area contributed by atoms with Crippen molar-refractivity contribution in [2.75, 3.05) is 0 Å². The molecule has 2 aromatic heterocycles. The zero-order valence-corrected chi connectivity index (χ0v) is 8.66. The molecular weight excluding hydrogens is 192 g/mol. The average Bonchev–Trinajstić information content (AvgIpc) is 2.85. The number of hydrogen-bond donors (Lipinski definition) is 2. The quantitative estimate of drug-likeness (QED) is 0.738. The Hall–Kier alpha value is -1.91. The van der Waals surface area contributed by atoms with Crippen LogP contribution in [0.2, 0.25) is 0 Å². The van der Waals surface area contributed by atoms with Crippen molar-refractivity contribution >= 4 is 5.78 Å². The number of nitrogens with one attached hydrogen (secondary N) is 2. The molecule has 0 fully saturated rings. The standard InChI is InChI=1S/C10H12N4O/c1-3-7-6(2)13-10(14-7)8(15)9-11-4-5-12-9/h4-5H,3H2,1-2H3,(H,11,12)(H,13,14). The lowest BCUT2D eigenvalue weighted by Gasteiger charge is -1.90. The van der Waals surface area contributed by atoms with Gasteiger partial charge in [-0.25, -0.2) is 9.97 Å². The van der Waals surface area contributed by atoms with Gasteiger partial charge in [-0.2, -0.15) is 0 Å². The summed E-state index contributed by atoms with van der Waals surface area (Å²) in [6.45, 7) is 3.91. The Labute approximate surface area is 87.0 Å². The number of carbonyl (C=O) groups excluding carboxylic acids is 1. The summed E-state index contributed by atoms with van der Waals surface area (Å²) in [4.78, 5) is 25.6. The summed E-state index contributed by atoms with van der Waals surface area (Å²) >= 11 is 0. The van der Waals surface area contributed by atoms with Crippen LogP contribution in [0.15, 0.2) is 12.4 Å². The molecule has 0 aliphatic rings. The summed E-state index contributed by atoms with van der Waals surface area (Å²) in [6, 6.07) is 0. The zero-order chi connectivity index (χ0) is 10.8. The molecule has 0 aliphatic carbocycles. The van der Waals surface area contributed by atoms with Gasteiger partial charge >= 0.3 is 0 Å². The normalized spacial score (nSPS) is 10.5. The largest absolute Gasteiger partial charge is 0.342 e. The molecule has 0 saturated carbocycles. The molecule has 5 heteroatoms. The first-order valence-electron chi connectivity index (χ1n) is 4.82. The SMILES string of the molecule is CCc1nc(C(=O)c2ncc[nH]2)[nH]c1C. The first-order chi connectivity index (χ1) is 7.22. The molecule has 0 atom stereocenters. The fraction of sp³-hybridized carbons (Fsp3) is 0.300. The van der Waals surface area contributed by atoms with Crippen molar-refractivity contribution in [3.05, 3.63) is 35.4 Å². The van der Waals surface area contributed by atoms with Gasteiger partial charge in [0.15, 0.2) is 11.6 Å². The van der Waals surface area contributed by atoms with Crippen LogP contribution in [0.5, 0.6) is 0 Å². The van der Waals surface area contributed by atoms with Gasteiger partial charge in [0.25, 0.3) is 5.78 Å². The Balaban J connectivity index is 2.34. The van der Waals surface area contributed by atoms with Gasteiger partial charge in [0, 0.05) is 18.1 Å². The lowest BCUT2D eigenvalue weighted by molar-refractivity contribution is 0.102. The van der Waals surface area contributed by atoms with E-state index >= 15 is 0 Å². The minimum absolute atomic E-state index is 0.206. The number of ketones is 1. The van der Waals surface area contributed by atoms with Gasteiger partial charge in [0.2, 0.25) is 0 Å². The highest BCUT2D eigenvalue weighted by molar-refractivity contribution is 6.03. The molecule has 2 heterocycles. The van der Waals surface area contributed by atoms with E-state index in [1.165, 1.54) is 0 Å². The van der Waals surface area contributed by atoms with Crippen LogP contribution in [0.4, 0.5) is 0 Å². The first kappa shape index (κ1) is 9.64. The van der Waals surface area contributed by atoms with E-state index in [4.69, 9.17) is 0 Å². The maximum atomic E-state index is 11.8. The Kier molecular flexibility index (Phi) is 2.37. The molecule has 0 bridgehead atoms. The predicted octanol–water partition coefficient (Wildman–Crippen LogP) is 1.23. The molecule has 2 aromatic rings. The number of carbonyl (C=O) groups is 1. The minimum atomic E-state index is -0.206. The van der Waals surface area contributed by atoms with Gasteiger partial charge in [-0.1, -0.05) is 6.92 Å². The number of aromatic amines is 2. The van der Waals surface area contributed by atoms with Gasteiger partial charge in [-0.05, 0) is 13.3 Å². The number of imidazole rings is 2. The van der Waals surface area contributed by atoms with Crippen molar-refractivity contribution in [3.8, 4) is 0 Å². The molecule has 5 nitrogen and oxygen atoms in total. The maximum absolute atomic E-state index is 11.8. The van der Waals surface area contributed by atoms with Crippen LogP contribution < -0.4 is 0 Å². The highest BCUT2D eigenvalue weighted by atomic mass is 16.1. The van der Waals surface area contributed by atoms with Crippen molar-refractivity contribution in [2.45, 2.75) is 20.3 Å². The molecule has 2 N–H and O–H groups in total. The Morgan fingerprint density at radius 3 is 2.80 bits per heavy atom. The molecule has 0 amide bonds. The second kappa shape index (κ2) is 3.68. The zero-order valence-electron chi connectivity index (χ0n) is 8.66. The molecule has 0 spiro atoms. The van der Waals surface area contributed by atoms with E-state index in [1.54, 1.807) is 12.4 Å². The predicted molar refractivity (Wildman–Crippen MR) is 54.7 cm³/mol. The molecule has 0 unspecified atom stereocenters. The van der Waals surface area contributed by atoms with Crippen molar-refractivity contribution < 1.29 is 4.79 Å². The fourth-order valence-corrected chi connectivity index (χ4v) is 1.45. The number of aryl methyl sites for hydroxylation is 2. The van der Waals surface area contributed by atoms with Crippen LogP contribution in [0.25, 0.3) is 0 Å². The van der Waals surface area contributed by atoms with Gasteiger partial charge in [0.1, 0.15) is 0 Å². The highest BCUT2D eigenvalue weighted by Gasteiger charge is 2.16. The van der Waals surface area contributed by atoms with Crippen LogP contribution in [0, 0.1) is 6.92 Å². The Morgan fingerprint density at radius 1 is 1.47 bits per heavy atom. The molecule has 0 radical (unpaired) electrons. The molecule has 15 heavy (non-hydrogen) atoms. The van der Waals surface area contributed by atoms with E-state index < -0.39 is 0 Å². The third-order valence-corrected chi connectivity index (χ3v) is 2.25. The number of hydrogen-bond acceptors (Lipinski definition) is 3. The maximum Gasteiger partial charge on any atom is 0.263 e. The van der Waals surface area contributed by atoms with Crippen molar-refractivity contribution in [1.82, 2.24) is 19.9 Å². The minimum Gasteiger partial charge on any atom is -0.342 e. The molecule has 0 aromatic carbocycles. The van der Waals surface area contributed by atoms with Gasteiger partial charge in [-0.15, -0.1) is 0 Å². The van der Waals surface area contributed by atoms with Gasteiger partial charge < -0.3 is 9.97 Å². The lowest BCUT2D eigenvalue weighted by Crippen LogP contribution is -2.05. The summed E-state index contributed by atoms with van der Waals surface area (Å²) in [5, 5.41) is 0. The highest BCUT2D eigenvalue weighted by Crippen LogP contribution is 2.08. The monoisotopic (exact) mass is 204 g/mol. The molecule has 0 aliphatic heterocycles. The molecular formula is C10H12N4O. The third-order valence-electron chi connectivity index (χ3n) is 2.25. The van der Waals surface area contributed by atoms with E-state index in [-0.39, 0.29) is 5.78 Å². The summed E-state index contributed by atoms with van der Waals surface area (Å²) in [6.07, 6.45) is 3.97. The van der Waals surface area contributed by atoms with E-state index in [0.29, 0.717) is 11.6 Å². The molecule has 78 valence electrons. The van der Waals surface area contributed by atoms with Gasteiger partial charge in [-0.3, -0.25) is 4.79 Å². The van der Waals surface area contributed by atoms with Crippen molar-refractivity contribution in [1.29, 1.82) is 0 Å². The van der Waals surface area contributed by atoms with Gasteiger partial charge in [0.05, 0.1) is 5.69 Å². The Bertz CT molecular complexity index is 470. The topological polar surface area (TPSA) is 74.4 Å². The van der Waals surface area contributed by atoms with Crippen molar-refractivity contribution in [3.63, 3.8) is 0 Å². The van der Waals surface area contributed by atoms with E-state index in [2.05, 4.69) is 19.9 Å². The summed E-state index contributed by atoms with van der Waals surface area (Å²) in [7, 11) is 0. The number of rotatable bonds is 3. The molecule has 2 rings (SSSR count). The van der Waals surface area contributed by atoms with Crippen molar-refractivity contribution in [2.24, 2.45) is 0 Å². The Morgan fingerprint density at radius 2 is 2.27 bits per heavy atom. The number of H-pyrrole nitrogens is 2. The summed E-state index contributed by atoms with van der Waals surface area (Å²) in [5.74, 6) is 0.452. The first-order valence-corrected chi connectivity index (χ1v) is 4.82. The number of aromatic nitrogens is 4. The van der Waals surface area contributed by atoms with Crippen LogP contribution in [-0.4, -0.2) is 25.7 Å². The van der Waals surface area contributed by atoms with E-state index in [9.17, 15) is 4.79 Å². The summed E-state index contributed by atoms with van der Waals surface area (Å²) in [5.41, 5.74) is 1.86. The van der Waals surface area contributed by atoms with E-state index in [1.807, 2.05) is 13.8 Å². The second-order valence-electron chi connectivity index (χ2n) is 3.28. The average molecular weight is 204 g/mol.